The molecule has 2 aromatic heterocycles. The van der Waals surface area contributed by atoms with Gasteiger partial charge in [-0.2, -0.15) is 4.39 Å². The van der Waals surface area contributed by atoms with E-state index in [1.165, 1.54) is 10.1 Å². The molecule has 0 N–H and O–H groups in total. The highest BCUT2D eigenvalue weighted by Gasteiger charge is 2.16. The second-order valence-corrected chi connectivity index (χ2v) is 8.85. The number of hydrogen-bond acceptors (Lipinski definition) is 3. The number of imidazole rings is 1. The zero-order valence-electron chi connectivity index (χ0n) is 19.6. The van der Waals surface area contributed by atoms with Crippen molar-refractivity contribution in [1.29, 1.82) is 0 Å². The van der Waals surface area contributed by atoms with Crippen molar-refractivity contribution in [3.05, 3.63) is 134 Å². The third kappa shape index (κ3) is 4.57. The quantitative estimate of drug-likeness (QED) is 0.374. The molecule has 3 aromatic carbocycles. The lowest BCUT2D eigenvalue weighted by Crippen LogP contribution is -2.41. The first-order valence-electron chi connectivity index (χ1n) is 11.4. The van der Waals surface area contributed by atoms with Crippen LogP contribution in [-0.4, -0.2) is 18.7 Å². The van der Waals surface area contributed by atoms with E-state index in [0.29, 0.717) is 12.4 Å². The van der Waals surface area contributed by atoms with Gasteiger partial charge in [0.15, 0.2) is 0 Å². The van der Waals surface area contributed by atoms with Crippen molar-refractivity contribution in [3.8, 4) is 0 Å². The van der Waals surface area contributed by atoms with E-state index >= 15 is 0 Å². The van der Waals surface area contributed by atoms with Crippen LogP contribution in [0.4, 0.5) is 4.39 Å². The van der Waals surface area contributed by atoms with E-state index in [2.05, 4.69) is 24.3 Å². The molecule has 5 aromatic rings. The summed E-state index contributed by atoms with van der Waals surface area (Å²) in [7, 11) is 0. The Balaban J connectivity index is 1.56. The van der Waals surface area contributed by atoms with Gasteiger partial charge in [0.2, 0.25) is 5.82 Å². The summed E-state index contributed by atoms with van der Waals surface area (Å²) in [5, 5.41) is 0. The number of benzene rings is 3. The van der Waals surface area contributed by atoms with Crippen molar-refractivity contribution in [1.82, 2.24) is 18.7 Å². The van der Waals surface area contributed by atoms with E-state index < -0.39 is 17.1 Å². The fourth-order valence-corrected chi connectivity index (χ4v) is 4.20. The van der Waals surface area contributed by atoms with Gasteiger partial charge in [-0.15, -0.1) is 0 Å². The monoisotopic (exact) mass is 468 g/mol. The maximum atomic E-state index is 14.7. The molecule has 0 aliphatic rings. The van der Waals surface area contributed by atoms with Gasteiger partial charge in [-0.3, -0.25) is 13.9 Å². The van der Waals surface area contributed by atoms with Crippen LogP contribution in [0.5, 0.6) is 0 Å². The van der Waals surface area contributed by atoms with Crippen LogP contribution >= 0.6 is 0 Å². The molecule has 0 aliphatic carbocycles. The Kier molecular flexibility index (Phi) is 5.91. The summed E-state index contributed by atoms with van der Waals surface area (Å²) in [6, 6.07) is 23.4. The number of fused-ring (bicyclic) bond motifs is 1. The first-order valence-corrected chi connectivity index (χ1v) is 11.4. The average Bonchev–Trinajstić information content (AvgIpc) is 3.19. The van der Waals surface area contributed by atoms with Crippen LogP contribution in [0.25, 0.3) is 11.0 Å². The summed E-state index contributed by atoms with van der Waals surface area (Å²) >= 11 is 0. The zero-order valence-corrected chi connectivity index (χ0v) is 19.6. The number of hydrogen-bond donors (Lipinski definition) is 0. The molecule has 0 unspecified atom stereocenters. The molecule has 0 fully saturated rings. The first kappa shape index (κ1) is 22.5. The summed E-state index contributed by atoms with van der Waals surface area (Å²) in [4.78, 5) is 30.5. The smallest absolute Gasteiger partial charge is 0.322 e. The van der Waals surface area contributed by atoms with Crippen LogP contribution in [0.2, 0.25) is 0 Å². The molecule has 35 heavy (non-hydrogen) atoms. The summed E-state index contributed by atoms with van der Waals surface area (Å²) in [5.74, 6) is -0.369. The lowest BCUT2D eigenvalue weighted by Gasteiger charge is -2.13. The third-order valence-electron chi connectivity index (χ3n) is 6.16. The highest BCUT2D eigenvalue weighted by molar-refractivity contribution is 5.76. The van der Waals surface area contributed by atoms with Gasteiger partial charge in [-0.1, -0.05) is 71.8 Å². The molecule has 7 heteroatoms. The number of para-hydroxylation sites is 2. The van der Waals surface area contributed by atoms with Gasteiger partial charge in [0.1, 0.15) is 5.82 Å². The molecule has 0 amide bonds. The van der Waals surface area contributed by atoms with E-state index in [9.17, 15) is 14.0 Å². The van der Waals surface area contributed by atoms with E-state index in [1.54, 1.807) is 0 Å². The third-order valence-corrected chi connectivity index (χ3v) is 6.16. The van der Waals surface area contributed by atoms with Crippen molar-refractivity contribution >= 4 is 11.0 Å². The Morgan fingerprint density at radius 1 is 0.743 bits per heavy atom. The van der Waals surface area contributed by atoms with Gasteiger partial charge < -0.3 is 4.57 Å². The molecule has 6 nitrogen and oxygen atoms in total. The lowest BCUT2D eigenvalue weighted by atomic mass is 10.1. The molecule has 0 aliphatic heterocycles. The van der Waals surface area contributed by atoms with Gasteiger partial charge in [0, 0.05) is 6.54 Å². The Morgan fingerprint density at radius 3 is 1.94 bits per heavy atom. The summed E-state index contributed by atoms with van der Waals surface area (Å²) < 4.78 is 18.8. The first-order chi connectivity index (χ1) is 16.9. The van der Waals surface area contributed by atoms with Crippen molar-refractivity contribution in [3.63, 3.8) is 0 Å². The summed E-state index contributed by atoms with van der Waals surface area (Å²) in [6.07, 6.45) is 0.978. The highest BCUT2D eigenvalue weighted by Crippen LogP contribution is 2.19. The second-order valence-electron chi connectivity index (χ2n) is 8.85. The van der Waals surface area contributed by atoms with E-state index in [4.69, 9.17) is 4.98 Å². The molecule has 0 saturated heterocycles. The Labute approximate surface area is 201 Å². The number of aryl methyl sites for hydroxylation is 2. The van der Waals surface area contributed by atoms with Gasteiger partial charge in [0.25, 0.3) is 5.56 Å². The van der Waals surface area contributed by atoms with Gasteiger partial charge >= 0.3 is 5.69 Å². The maximum absolute atomic E-state index is 14.7. The molecule has 0 bridgehead atoms. The van der Waals surface area contributed by atoms with Gasteiger partial charge in [-0.05, 0) is 37.1 Å². The topological polar surface area (TPSA) is 61.8 Å². The van der Waals surface area contributed by atoms with Crippen molar-refractivity contribution in [2.24, 2.45) is 0 Å². The fourth-order valence-electron chi connectivity index (χ4n) is 4.20. The van der Waals surface area contributed by atoms with Crippen LogP contribution in [-0.2, 0) is 19.6 Å². The minimum Gasteiger partial charge on any atom is -0.322 e. The molecule has 5 rings (SSSR count). The molecular weight excluding hydrogens is 443 g/mol. The van der Waals surface area contributed by atoms with Gasteiger partial charge in [-0.25, -0.2) is 9.78 Å². The van der Waals surface area contributed by atoms with Crippen LogP contribution in [0, 0.1) is 19.7 Å². The fraction of sp³-hybridized carbons (Fsp3) is 0.179. The van der Waals surface area contributed by atoms with Gasteiger partial charge in [0.05, 0.1) is 30.3 Å². The second kappa shape index (κ2) is 9.18. The van der Waals surface area contributed by atoms with Crippen molar-refractivity contribution in [2.75, 3.05) is 0 Å². The Bertz CT molecular complexity index is 1630. The largest absolute Gasteiger partial charge is 0.331 e. The number of nitrogens with zero attached hydrogens (tertiary/aromatic N) is 4. The standard InChI is InChI=1S/C28H25FN4O2/c1-19-7-11-21(12-8-19)15-32-25-6-4-3-5-24(25)30-26(32)18-31-17-23(29)27(34)33(28(31)35)16-22-13-9-20(2)10-14-22/h3-14,17H,15-16,18H2,1-2H3. The maximum Gasteiger partial charge on any atom is 0.331 e. The minimum absolute atomic E-state index is 0.00448. The number of halogens is 1. The molecule has 0 atom stereocenters. The van der Waals surface area contributed by atoms with E-state index in [0.717, 1.165) is 38.5 Å². The van der Waals surface area contributed by atoms with Crippen molar-refractivity contribution in [2.45, 2.75) is 33.5 Å². The molecule has 176 valence electrons. The summed E-state index contributed by atoms with van der Waals surface area (Å²) in [6.45, 7) is 4.57. The zero-order chi connectivity index (χ0) is 24.5. The molecule has 0 radical (unpaired) electrons. The Morgan fingerprint density at radius 2 is 1.31 bits per heavy atom. The van der Waals surface area contributed by atoms with Crippen molar-refractivity contribution < 1.29 is 4.39 Å². The predicted molar refractivity (Wildman–Crippen MR) is 134 cm³/mol. The van der Waals surface area contributed by atoms with Crippen LogP contribution < -0.4 is 11.2 Å². The molecule has 0 spiro atoms. The number of aromatic nitrogens is 4. The number of rotatable bonds is 6. The average molecular weight is 469 g/mol. The van der Waals surface area contributed by atoms with Crippen LogP contribution in [0.1, 0.15) is 28.1 Å². The van der Waals surface area contributed by atoms with Crippen LogP contribution in [0.15, 0.2) is 88.6 Å². The minimum atomic E-state index is -0.974. The highest BCUT2D eigenvalue weighted by atomic mass is 19.1. The SMILES string of the molecule is Cc1ccc(Cn2c(=O)c(F)cn(Cc3nc4ccccc4n3Cc3ccc(C)cc3)c2=O)cc1. The lowest BCUT2D eigenvalue weighted by molar-refractivity contribution is 0.510. The molecule has 2 heterocycles. The molecular formula is C28H25FN4O2. The molecule has 0 saturated carbocycles. The normalized spacial score (nSPS) is 11.3. The predicted octanol–water partition coefficient (Wildman–Crippen LogP) is 4.26. The van der Waals surface area contributed by atoms with E-state index in [-0.39, 0.29) is 13.1 Å². The van der Waals surface area contributed by atoms with E-state index in [1.807, 2.05) is 66.9 Å². The Hall–Kier alpha value is -4.26. The van der Waals surface area contributed by atoms with Crippen LogP contribution in [0.3, 0.4) is 0 Å². The summed E-state index contributed by atoms with van der Waals surface area (Å²) in [5.41, 5.74) is 4.26.